The number of hydrogen-bond acceptors (Lipinski definition) is 5. The van der Waals surface area contributed by atoms with E-state index >= 15 is 0 Å². The van der Waals surface area contributed by atoms with Gasteiger partial charge in [-0.05, 0) is 18.6 Å². The van der Waals surface area contributed by atoms with E-state index in [1.54, 1.807) is 12.1 Å². The van der Waals surface area contributed by atoms with Gasteiger partial charge in [0.2, 0.25) is 11.1 Å². The lowest BCUT2D eigenvalue weighted by Crippen LogP contribution is -2.26. The van der Waals surface area contributed by atoms with Crippen molar-refractivity contribution in [3.8, 4) is 11.4 Å². The minimum atomic E-state index is -0.0471. The van der Waals surface area contributed by atoms with Crippen LogP contribution in [0.4, 0.5) is 0 Å². The molecule has 8 heteroatoms. The molecule has 6 nitrogen and oxygen atoms in total. The maximum absolute atomic E-state index is 11.6. The van der Waals surface area contributed by atoms with Gasteiger partial charge in [-0.3, -0.25) is 4.79 Å². The van der Waals surface area contributed by atoms with Crippen LogP contribution in [0.1, 0.15) is 13.3 Å². The molecule has 1 amide bonds. The highest BCUT2D eigenvalue weighted by Gasteiger charge is 2.13. The molecule has 0 aliphatic heterocycles. The normalized spacial score (nSPS) is 10.6. The van der Waals surface area contributed by atoms with Crippen LogP contribution in [0.15, 0.2) is 29.4 Å². The van der Waals surface area contributed by atoms with Crippen molar-refractivity contribution < 1.29 is 4.79 Å². The molecule has 1 aromatic heterocycles. The number of halogens is 1. The third-order valence-electron chi connectivity index (χ3n) is 2.65. The lowest BCUT2D eigenvalue weighted by atomic mass is 10.2. The van der Waals surface area contributed by atoms with E-state index in [1.165, 1.54) is 16.4 Å². The molecule has 0 atom stereocenters. The average molecular weight is 326 g/mol. The summed E-state index contributed by atoms with van der Waals surface area (Å²) in [6, 6.07) is 7.20. The zero-order valence-corrected chi connectivity index (χ0v) is 13.1. The summed E-state index contributed by atoms with van der Waals surface area (Å²) in [5.74, 6) is 6.68. The van der Waals surface area contributed by atoms with Crippen LogP contribution in [0.5, 0.6) is 0 Å². The molecule has 0 aliphatic rings. The van der Waals surface area contributed by atoms with Crippen LogP contribution in [0.3, 0.4) is 0 Å². The van der Waals surface area contributed by atoms with Crippen LogP contribution in [0.2, 0.25) is 5.02 Å². The van der Waals surface area contributed by atoms with Crippen molar-refractivity contribution in [3.63, 3.8) is 0 Å². The van der Waals surface area contributed by atoms with Gasteiger partial charge in [0.1, 0.15) is 0 Å². The second-order valence-corrected chi connectivity index (χ2v) is 5.70. The lowest BCUT2D eigenvalue weighted by Gasteiger charge is -2.04. The summed E-state index contributed by atoms with van der Waals surface area (Å²) in [4.78, 5) is 11.6. The topological polar surface area (TPSA) is 85.8 Å². The minimum Gasteiger partial charge on any atom is -0.355 e. The van der Waals surface area contributed by atoms with Gasteiger partial charge in [0.15, 0.2) is 5.82 Å². The number of carbonyl (C=O) groups is 1. The van der Waals surface area contributed by atoms with Crippen LogP contribution in [-0.2, 0) is 4.79 Å². The molecule has 1 aromatic carbocycles. The zero-order chi connectivity index (χ0) is 15.2. The number of rotatable bonds is 6. The molecule has 0 spiro atoms. The van der Waals surface area contributed by atoms with Crippen LogP contribution < -0.4 is 11.2 Å². The molecule has 1 heterocycles. The fourth-order valence-corrected chi connectivity index (χ4v) is 2.52. The van der Waals surface area contributed by atoms with E-state index in [0.717, 1.165) is 12.0 Å². The predicted molar refractivity (Wildman–Crippen MR) is 84.6 cm³/mol. The number of thioether (sulfide) groups is 1. The molecular weight excluding hydrogens is 310 g/mol. The summed E-state index contributed by atoms with van der Waals surface area (Å²) in [6.45, 7) is 2.67. The van der Waals surface area contributed by atoms with E-state index in [0.29, 0.717) is 22.5 Å². The van der Waals surface area contributed by atoms with Crippen molar-refractivity contribution >= 4 is 29.3 Å². The van der Waals surface area contributed by atoms with Crippen LogP contribution in [0, 0.1) is 0 Å². The number of nitrogens with one attached hydrogen (secondary N) is 1. The standard InChI is InChI=1S/C13H16ClN5OS/c1-2-6-16-11(20)8-21-13-18-17-12(19(13)15)9-4-3-5-10(14)7-9/h3-5,7H,2,6,8,15H2,1H3,(H,16,20). The second-order valence-electron chi connectivity index (χ2n) is 4.33. The summed E-state index contributed by atoms with van der Waals surface area (Å²) in [7, 11) is 0. The molecule has 0 radical (unpaired) electrons. The fraction of sp³-hybridized carbons (Fsp3) is 0.308. The Morgan fingerprint density at radius 3 is 3.00 bits per heavy atom. The number of benzene rings is 1. The first-order valence-corrected chi connectivity index (χ1v) is 7.84. The molecule has 21 heavy (non-hydrogen) atoms. The van der Waals surface area contributed by atoms with Gasteiger partial charge < -0.3 is 11.2 Å². The quantitative estimate of drug-likeness (QED) is 0.626. The minimum absolute atomic E-state index is 0.0471. The number of nitrogens with two attached hydrogens (primary N) is 1. The molecule has 0 bridgehead atoms. The van der Waals surface area contributed by atoms with E-state index in [-0.39, 0.29) is 11.7 Å². The van der Waals surface area contributed by atoms with Gasteiger partial charge >= 0.3 is 0 Å². The third-order valence-corrected chi connectivity index (χ3v) is 3.83. The van der Waals surface area contributed by atoms with Crippen LogP contribution >= 0.6 is 23.4 Å². The van der Waals surface area contributed by atoms with Gasteiger partial charge in [-0.2, -0.15) is 0 Å². The largest absolute Gasteiger partial charge is 0.355 e. The Kier molecular flexibility index (Phi) is 5.46. The molecule has 2 aromatic rings. The van der Waals surface area contributed by atoms with Gasteiger partial charge in [0.25, 0.3) is 0 Å². The Balaban J connectivity index is 2.05. The number of nitrogens with zero attached hydrogens (tertiary/aromatic N) is 3. The summed E-state index contributed by atoms with van der Waals surface area (Å²) in [5, 5.41) is 11.9. The van der Waals surface area contributed by atoms with Gasteiger partial charge in [0.05, 0.1) is 5.75 Å². The number of amides is 1. The van der Waals surface area contributed by atoms with E-state index < -0.39 is 0 Å². The number of nitrogen functional groups attached to an aromatic ring is 1. The third kappa shape index (κ3) is 4.12. The van der Waals surface area contributed by atoms with Gasteiger partial charge in [-0.25, -0.2) is 4.68 Å². The lowest BCUT2D eigenvalue weighted by molar-refractivity contribution is -0.118. The molecule has 112 valence electrons. The van der Waals surface area contributed by atoms with E-state index in [2.05, 4.69) is 15.5 Å². The molecule has 2 rings (SSSR count). The number of aromatic nitrogens is 3. The predicted octanol–water partition coefficient (Wildman–Crippen LogP) is 1.93. The van der Waals surface area contributed by atoms with Gasteiger partial charge in [-0.1, -0.05) is 42.4 Å². The van der Waals surface area contributed by atoms with Crippen molar-refractivity contribution in [2.45, 2.75) is 18.5 Å². The molecule has 0 saturated heterocycles. The smallest absolute Gasteiger partial charge is 0.230 e. The second kappa shape index (κ2) is 7.33. The SMILES string of the molecule is CCCNC(=O)CSc1nnc(-c2cccc(Cl)c2)n1N. The van der Waals surface area contributed by atoms with Crippen LogP contribution in [0.25, 0.3) is 11.4 Å². The highest BCUT2D eigenvalue weighted by Crippen LogP contribution is 2.23. The van der Waals surface area contributed by atoms with Crippen molar-refractivity contribution in [1.29, 1.82) is 0 Å². The first kappa shape index (κ1) is 15.7. The van der Waals surface area contributed by atoms with Crippen molar-refractivity contribution in [1.82, 2.24) is 20.2 Å². The molecule has 0 fully saturated rings. The van der Waals surface area contributed by atoms with E-state index in [4.69, 9.17) is 17.4 Å². The van der Waals surface area contributed by atoms with Crippen molar-refractivity contribution in [3.05, 3.63) is 29.3 Å². The maximum Gasteiger partial charge on any atom is 0.230 e. The average Bonchev–Trinajstić information content (AvgIpc) is 2.84. The van der Waals surface area contributed by atoms with Crippen molar-refractivity contribution in [2.75, 3.05) is 18.1 Å². The zero-order valence-electron chi connectivity index (χ0n) is 11.5. The Bertz CT molecular complexity index is 631. The van der Waals surface area contributed by atoms with Gasteiger partial charge in [-0.15, -0.1) is 10.2 Å². The highest BCUT2D eigenvalue weighted by molar-refractivity contribution is 7.99. The number of hydrogen-bond donors (Lipinski definition) is 2. The Morgan fingerprint density at radius 2 is 2.29 bits per heavy atom. The van der Waals surface area contributed by atoms with E-state index in [1.807, 2.05) is 19.1 Å². The van der Waals surface area contributed by atoms with Crippen LogP contribution in [-0.4, -0.2) is 33.1 Å². The molecule has 3 N–H and O–H groups in total. The Hall–Kier alpha value is -1.73. The summed E-state index contributed by atoms with van der Waals surface area (Å²) in [6.07, 6.45) is 0.905. The molecule has 0 unspecified atom stereocenters. The monoisotopic (exact) mass is 325 g/mol. The molecule has 0 aliphatic carbocycles. The Morgan fingerprint density at radius 1 is 1.48 bits per heavy atom. The van der Waals surface area contributed by atoms with Gasteiger partial charge in [0, 0.05) is 17.1 Å². The summed E-state index contributed by atoms with van der Waals surface area (Å²) < 4.78 is 1.36. The van der Waals surface area contributed by atoms with E-state index in [9.17, 15) is 4.79 Å². The first-order valence-electron chi connectivity index (χ1n) is 6.47. The number of carbonyl (C=O) groups excluding carboxylic acids is 1. The highest BCUT2D eigenvalue weighted by atomic mass is 35.5. The van der Waals surface area contributed by atoms with Crippen molar-refractivity contribution in [2.24, 2.45) is 0 Å². The first-order chi connectivity index (χ1) is 10.1. The Labute approximate surface area is 132 Å². The molecule has 0 saturated carbocycles. The fourth-order valence-electron chi connectivity index (χ4n) is 1.65. The maximum atomic E-state index is 11.6. The molecular formula is C13H16ClN5OS. The summed E-state index contributed by atoms with van der Waals surface area (Å²) >= 11 is 7.19. The summed E-state index contributed by atoms with van der Waals surface area (Å²) in [5.41, 5.74) is 0.778.